The van der Waals surface area contributed by atoms with Gasteiger partial charge in [-0.25, -0.2) is 0 Å². The number of hydrogen-bond acceptors (Lipinski definition) is 9. The second kappa shape index (κ2) is 10.0. The highest BCUT2D eigenvalue weighted by Crippen LogP contribution is 2.43. The van der Waals surface area contributed by atoms with E-state index in [4.69, 9.17) is 13.3 Å². The first kappa shape index (κ1) is 24.9. The number of nitrogens with zero attached hydrogens (tertiary/aromatic N) is 2. The summed E-state index contributed by atoms with van der Waals surface area (Å²) in [5, 5.41) is 27.5. The standard InChI is InChI=1S/C19H18N4O9Si.CH4/c24-17(13-9-14(22(26)27)11-15(10-13)23(28)29)21-16(12-5-2-1-3-6-12)18(25)20-7-4-8-33-30-19(31-33)32-33;/h1-3,5-6,9-11,16,19H,4,7-8H2,(H,20,25)(H,21,24);1H4/t16-,19?,33?;/m1./s1. The van der Waals surface area contributed by atoms with Gasteiger partial charge in [-0.05, 0) is 12.0 Å². The summed E-state index contributed by atoms with van der Waals surface area (Å²) >= 11 is 0. The Morgan fingerprint density at radius 2 is 1.59 bits per heavy atom. The Morgan fingerprint density at radius 3 is 2.09 bits per heavy atom. The first-order valence-electron chi connectivity index (χ1n) is 9.87. The SMILES string of the molecule is C.O=C(N[C@@H](C(=O)NCCC[Si]12OC(O1)O2)c1ccccc1)c1cc([N+](=O)[O-])cc([N+](=O)[O-])c1. The van der Waals surface area contributed by atoms with Gasteiger partial charge in [0, 0.05) is 24.7 Å². The van der Waals surface area contributed by atoms with Crippen molar-refractivity contribution in [2.45, 2.75) is 32.4 Å². The smallest absolute Gasteiger partial charge is 0.354 e. The van der Waals surface area contributed by atoms with Gasteiger partial charge >= 0.3 is 8.80 Å². The van der Waals surface area contributed by atoms with Crippen molar-refractivity contribution in [3.8, 4) is 0 Å². The van der Waals surface area contributed by atoms with Crippen LogP contribution >= 0.6 is 0 Å². The van der Waals surface area contributed by atoms with Crippen molar-refractivity contribution in [1.82, 2.24) is 10.6 Å². The third-order valence-corrected chi connectivity index (χ3v) is 7.66. The minimum atomic E-state index is -2.45. The predicted molar refractivity (Wildman–Crippen MR) is 118 cm³/mol. The van der Waals surface area contributed by atoms with E-state index < -0.39 is 54.4 Å². The van der Waals surface area contributed by atoms with E-state index in [0.717, 1.165) is 18.2 Å². The summed E-state index contributed by atoms with van der Waals surface area (Å²) in [7, 11) is -2.45. The number of carbonyl (C=O) groups is 2. The van der Waals surface area contributed by atoms with E-state index in [2.05, 4.69) is 10.6 Å². The molecular formula is C20H22N4O9Si. The molecule has 1 atom stereocenters. The summed E-state index contributed by atoms with van der Waals surface area (Å²) in [4.78, 5) is 46.2. The van der Waals surface area contributed by atoms with Crippen LogP contribution in [-0.2, 0) is 18.1 Å². The van der Waals surface area contributed by atoms with Crippen LogP contribution in [0.25, 0.3) is 0 Å². The molecule has 3 fully saturated rings. The van der Waals surface area contributed by atoms with Gasteiger partial charge in [-0.2, -0.15) is 0 Å². The zero-order chi connectivity index (χ0) is 23.6. The number of amides is 2. The molecule has 0 aromatic heterocycles. The molecule has 34 heavy (non-hydrogen) atoms. The molecule has 2 aromatic rings. The highest BCUT2D eigenvalue weighted by molar-refractivity contribution is 6.65. The molecule has 0 radical (unpaired) electrons. The number of non-ortho nitro benzene ring substituents is 2. The molecule has 14 heteroatoms. The first-order chi connectivity index (χ1) is 15.8. The van der Waals surface area contributed by atoms with E-state index in [-0.39, 0.29) is 19.5 Å². The second-order valence-corrected chi connectivity index (χ2v) is 9.86. The van der Waals surface area contributed by atoms with Crippen molar-refractivity contribution < 1.29 is 32.7 Å². The van der Waals surface area contributed by atoms with Gasteiger partial charge in [0.05, 0.1) is 21.5 Å². The molecule has 13 nitrogen and oxygen atoms in total. The van der Waals surface area contributed by atoms with Crippen molar-refractivity contribution in [3.63, 3.8) is 0 Å². The van der Waals surface area contributed by atoms with Gasteiger partial charge in [-0.1, -0.05) is 37.8 Å². The van der Waals surface area contributed by atoms with Gasteiger partial charge in [0.15, 0.2) is 0 Å². The Labute approximate surface area is 194 Å². The van der Waals surface area contributed by atoms with Gasteiger partial charge in [0.1, 0.15) is 6.04 Å². The summed E-state index contributed by atoms with van der Waals surface area (Å²) in [6.45, 7) is -0.260. The lowest BCUT2D eigenvalue weighted by Crippen LogP contribution is -2.75. The molecule has 3 heterocycles. The molecule has 3 aliphatic rings. The fraction of sp³-hybridized carbons (Fsp3) is 0.300. The van der Waals surface area contributed by atoms with Crippen LogP contribution in [0.1, 0.15) is 35.8 Å². The third-order valence-electron chi connectivity index (χ3n) is 5.04. The monoisotopic (exact) mass is 490 g/mol. The van der Waals surface area contributed by atoms with Gasteiger partial charge in [0.2, 0.25) is 5.91 Å². The fourth-order valence-electron chi connectivity index (χ4n) is 3.36. The van der Waals surface area contributed by atoms with Gasteiger partial charge < -0.3 is 23.9 Å². The Bertz CT molecular complexity index is 1070. The van der Waals surface area contributed by atoms with Gasteiger partial charge in [0.25, 0.3) is 23.8 Å². The molecule has 2 amide bonds. The van der Waals surface area contributed by atoms with E-state index in [1.165, 1.54) is 0 Å². The largest absolute Gasteiger partial charge is 0.511 e. The summed E-state index contributed by atoms with van der Waals surface area (Å²) in [6.07, 6.45) is 0.539. The van der Waals surface area contributed by atoms with Crippen LogP contribution in [0.15, 0.2) is 48.5 Å². The minimum Gasteiger partial charge on any atom is -0.354 e. The van der Waals surface area contributed by atoms with E-state index in [1.54, 1.807) is 30.3 Å². The Morgan fingerprint density at radius 1 is 1.00 bits per heavy atom. The number of benzene rings is 2. The maximum atomic E-state index is 12.9. The number of rotatable bonds is 10. The quantitative estimate of drug-likeness (QED) is 0.219. The summed E-state index contributed by atoms with van der Waals surface area (Å²) < 4.78 is 16.0. The van der Waals surface area contributed by atoms with Gasteiger partial charge in [-0.3, -0.25) is 29.8 Å². The highest BCUT2D eigenvalue weighted by atomic mass is 28.4. The lowest BCUT2D eigenvalue weighted by atomic mass is 10.0. The summed E-state index contributed by atoms with van der Waals surface area (Å²) in [5.74, 6) is -1.39. The molecule has 0 spiro atoms. The van der Waals surface area contributed by atoms with Crippen molar-refractivity contribution in [2.75, 3.05) is 6.54 Å². The molecule has 3 aliphatic heterocycles. The van der Waals surface area contributed by atoms with Crippen molar-refractivity contribution >= 4 is 32.0 Å². The zero-order valence-corrected chi connectivity index (χ0v) is 18.0. The Hall–Kier alpha value is -3.72. The Balaban J connectivity index is 0.00000324. The van der Waals surface area contributed by atoms with Crippen LogP contribution < -0.4 is 10.6 Å². The number of nitro benzene ring substituents is 2. The van der Waals surface area contributed by atoms with Crippen LogP contribution in [0.4, 0.5) is 11.4 Å². The number of nitrogens with one attached hydrogen (secondary N) is 2. The van der Waals surface area contributed by atoms with Crippen LogP contribution in [0.3, 0.4) is 0 Å². The lowest BCUT2D eigenvalue weighted by molar-refractivity contribution is -0.394. The predicted octanol–water partition coefficient (Wildman–Crippen LogP) is 2.42. The summed E-state index contributed by atoms with van der Waals surface area (Å²) in [5.41, 5.74) is -1.07. The van der Waals surface area contributed by atoms with Crippen LogP contribution in [0.5, 0.6) is 0 Å². The molecule has 0 unspecified atom stereocenters. The summed E-state index contributed by atoms with van der Waals surface area (Å²) in [6, 6.07) is 10.4. The third kappa shape index (κ3) is 5.25. The maximum absolute atomic E-state index is 12.9. The molecule has 5 rings (SSSR count). The van der Waals surface area contributed by atoms with Crippen molar-refractivity contribution in [1.29, 1.82) is 0 Å². The number of nitro groups is 2. The average molecular weight is 491 g/mol. The van der Waals surface area contributed by atoms with E-state index in [0.29, 0.717) is 18.0 Å². The molecule has 2 aromatic carbocycles. The van der Waals surface area contributed by atoms with E-state index in [1.807, 2.05) is 0 Å². The van der Waals surface area contributed by atoms with Crippen LogP contribution in [0, 0.1) is 20.2 Å². The highest BCUT2D eigenvalue weighted by Gasteiger charge is 2.68. The molecular weight excluding hydrogens is 468 g/mol. The van der Waals surface area contributed by atoms with Crippen LogP contribution in [0.2, 0.25) is 6.04 Å². The number of hydrogen-bond donors (Lipinski definition) is 2. The van der Waals surface area contributed by atoms with Crippen LogP contribution in [-0.4, -0.2) is 43.5 Å². The first-order valence-corrected chi connectivity index (χ1v) is 11.8. The Kier molecular flexibility index (Phi) is 7.36. The average Bonchev–Trinajstić information content (AvgIpc) is 2.75. The molecule has 180 valence electrons. The van der Waals surface area contributed by atoms with Crippen molar-refractivity contribution in [2.24, 2.45) is 0 Å². The fourth-order valence-corrected chi connectivity index (χ4v) is 5.25. The topological polar surface area (TPSA) is 172 Å². The molecule has 3 saturated heterocycles. The minimum absolute atomic E-state index is 0. The molecule has 0 saturated carbocycles. The second-order valence-electron chi connectivity index (χ2n) is 7.29. The molecule has 2 bridgehead atoms. The molecule has 0 aliphatic carbocycles. The van der Waals surface area contributed by atoms with E-state index >= 15 is 0 Å². The maximum Gasteiger partial charge on any atom is 0.511 e. The zero-order valence-electron chi connectivity index (χ0n) is 17.0. The van der Waals surface area contributed by atoms with E-state index in [9.17, 15) is 29.8 Å². The normalized spacial score (nSPS) is 20.5. The van der Waals surface area contributed by atoms with Crippen molar-refractivity contribution in [3.05, 3.63) is 79.9 Å². The lowest BCUT2D eigenvalue weighted by Gasteiger charge is -2.55. The van der Waals surface area contributed by atoms with Gasteiger partial charge in [-0.15, -0.1) is 0 Å². The molecule has 2 N–H and O–H groups in total. The number of carbonyl (C=O) groups excluding carboxylic acids is 2.